The molecule has 2 N–H and O–H groups in total. The van der Waals surface area contributed by atoms with Gasteiger partial charge in [0.2, 0.25) is 5.82 Å². The molecule has 1 aromatic heterocycles. The molecule has 0 radical (unpaired) electrons. The van der Waals surface area contributed by atoms with E-state index in [9.17, 15) is 13.6 Å². The fraction of sp³-hybridized carbons (Fsp3) is 0.500. The molecule has 0 bridgehead atoms. The summed E-state index contributed by atoms with van der Waals surface area (Å²) in [6.07, 6.45) is -0.0974. The molecule has 0 unspecified atom stereocenters. The first-order valence-electron chi connectivity index (χ1n) is 9.66. The molecule has 7 nitrogen and oxygen atoms in total. The van der Waals surface area contributed by atoms with Crippen LogP contribution in [0.2, 0.25) is 0 Å². The monoisotopic (exact) mass is 406 g/mol. The molecule has 0 spiro atoms. The topological polar surface area (TPSA) is 82.6 Å². The van der Waals surface area contributed by atoms with Gasteiger partial charge in [-0.15, -0.1) is 0 Å². The van der Waals surface area contributed by atoms with E-state index in [-0.39, 0.29) is 11.6 Å². The van der Waals surface area contributed by atoms with Crippen LogP contribution in [0.1, 0.15) is 47.0 Å². The van der Waals surface area contributed by atoms with Gasteiger partial charge in [0.05, 0.1) is 24.6 Å². The Morgan fingerprint density at radius 1 is 1.38 bits per heavy atom. The van der Waals surface area contributed by atoms with Crippen molar-refractivity contribution in [1.29, 1.82) is 0 Å². The second-order valence-electron chi connectivity index (χ2n) is 7.49. The van der Waals surface area contributed by atoms with Crippen molar-refractivity contribution in [1.82, 2.24) is 14.5 Å². The van der Waals surface area contributed by atoms with Crippen molar-refractivity contribution in [3.63, 3.8) is 0 Å². The molecule has 3 atom stereocenters. The molecule has 2 aliphatic heterocycles. The lowest BCUT2D eigenvalue weighted by Crippen LogP contribution is -2.48. The molecule has 29 heavy (non-hydrogen) atoms. The lowest BCUT2D eigenvalue weighted by atomic mass is 9.93. The van der Waals surface area contributed by atoms with Crippen LogP contribution in [0.25, 0.3) is 0 Å². The molecule has 2 aliphatic rings. The highest BCUT2D eigenvalue weighted by Crippen LogP contribution is 2.34. The van der Waals surface area contributed by atoms with Gasteiger partial charge in [-0.05, 0) is 31.5 Å². The van der Waals surface area contributed by atoms with E-state index < -0.39 is 29.7 Å². The van der Waals surface area contributed by atoms with Crippen molar-refractivity contribution in [3.8, 4) is 0 Å². The largest absolute Gasteiger partial charge is 0.460 e. The Kier molecular flexibility index (Phi) is 5.37. The highest BCUT2D eigenvalue weighted by molar-refractivity contribution is 5.85. The summed E-state index contributed by atoms with van der Waals surface area (Å²) in [5.41, 5.74) is 8.22. The Labute approximate surface area is 167 Å². The Balaban J connectivity index is 1.44. The van der Waals surface area contributed by atoms with Crippen molar-refractivity contribution in [3.05, 3.63) is 52.6 Å². The van der Waals surface area contributed by atoms with Gasteiger partial charge in [0, 0.05) is 37.8 Å². The number of carbonyl (C=O) groups is 1. The number of nitrogens with two attached hydrogens (primary N) is 1. The SMILES string of the molecule is CCOC(=O)c1nc2c(n1C)CN([C@H]1CO[C@H](c3cc(F)ccc3F)[C@@H](N)C1)C2. The third-order valence-electron chi connectivity index (χ3n) is 5.64. The van der Waals surface area contributed by atoms with Crippen molar-refractivity contribution < 1.29 is 23.0 Å². The average molecular weight is 406 g/mol. The van der Waals surface area contributed by atoms with Crippen LogP contribution in [0.3, 0.4) is 0 Å². The summed E-state index contributed by atoms with van der Waals surface area (Å²) < 4.78 is 40.3. The van der Waals surface area contributed by atoms with Crippen LogP contribution in [0, 0.1) is 11.6 Å². The van der Waals surface area contributed by atoms with Gasteiger partial charge in [-0.2, -0.15) is 0 Å². The minimum atomic E-state index is -0.680. The molecule has 3 heterocycles. The molecular weight excluding hydrogens is 382 g/mol. The number of carbonyl (C=O) groups excluding carboxylic acids is 1. The predicted octanol–water partition coefficient (Wildman–Crippen LogP) is 2.05. The van der Waals surface area contributed by atoms with Gasteiger partial charge >= 0.3 is 5.97 Å². The third-order valence-corrected chi connectivity index (χ3v) is 5.64. The predicted molar refractivity (Wildman–Crippen MR) is 99.8 cm³/mol. The fourth-order valence-corrected chi connectivity index (χ4v) is 4.14. The van der Waals surface area contributed by atoms with Crippen LogP contribution in [0.5, 0.6) is 0 Å². The molecule has 1 fully saturated rings. The summed E-state index contributed by atoms with van der Waals surface area (Å²) in [6, 6.07) is 2.88. The molecule has 2 aromatic rings. The average Bonchev–Trinajstić information content (AvgIpc) is 3.24. The summed E-state index contributed by atoms with van der Waals surface area (Å²) >= 11 is 0. The second-order valence-corrected chi connectivity index (χ2v) is 7.49. The summed E-state index contributed by atoms with van der Waals surface area (Å²) in [7, 11) is 1.80. The van der Waals surface area contributed by atoms with Crippen LogP contribution in [0.4, 0.5) is 8.78 Å². The number of halogens is 2. The van der Waals surface area contributed by atoms with Crippen LogP contribution >= 0.6 is 0 Å². The number of benzene rings is 1. The van der Waals surface area contributed by atoms with Gasteiger partial charge in [0.15, 0.2) is 0 Å². The summed E-state index contributed by atoms with van der Waals surface area (Å²) in [4.78, 5) is 18.6. The van der Waals surface area contributed by atoms with Crippen LogP contribution in [-0.2, 0) is 29.6 Å². The fourth-order valence-electron chi connectivity index (χ4n) is 4.14. The Hall–Kier alpha value is -2.36. The maximum absolute atomic E-state index is 14.1. The number of imidazole rings is 1. The first-order valence-corrected chi connectivity index (χ1v) is 9.66. The number of esters is 1. The Bertz CT molecular complexity index is 933. The molecule has 4 rings (SSSR count). The zero-order valence-electron chi connectivity index (χ0n) is 16.4. The summed E-state index contributed by atoms with van der Waals surface area (Å²) in [5, 5.41) is 0. The number of fused-ring (bicyclic) bond motifs is 1. The van der Waals surface area contributed by atoms with Crippen LogP contribution < -0.4 is 5.73 Å². The van der Waals surface area contributed by atoms with Gasteiger partial charge < -0.3 is 19.8 Å². The highest BCUT2D eigenvalue weighted by Gasteiger charge is 2.38. The molecule has 1 aromatic carbocycles. The quantitative estimate of drug-likeness (QED) is 0.783. The lowest BCUT2D eigenvalue weighted by molar-refractivity contribution is -0.0535. The first-order chi connectivity index (χ1) is 13.9. The maximum Gasteiger partial charge on any atom is 0.374 e. The van der Waals surface area contributed by atoms with E-state index in [0.717, 1.165) is 29.6 Å². The van der Waals surface area contributed by atoms with Crippen molar-refractivity contribution in [2.75, 3.05) is 13.2 Å². The lowest BCUT2D eigenvalue weighted by Gasteiger charge is -2.38. The highest BCUT2D eigenvalue weighted by atomic mass is 19.1. The van der Waals surface area contributed by atoms with E-state index >= 15 is 0 Å². The van der Waals surface area contributed by atoms with E-state index in [2.05, 4.69) is 9.88 Å². The van der Waals surface area contributed by atoms with Crippen molar-refractivity contribution in [2.24, 2.45) is 12.8 Å². The number of hydrogen-bond donors (Lipinski definition) is 1. The van der Waals surface area contributed by atoms with E-state index in [1.54, 1.807) is 18.5 Å². The van der Waals surface area contributed by atoms with Crippen molar-refractivity contribution >= 4 is 5.97 Å². The minimum absolute atomic E-state index is 0.0260. The molecule has 0 amide bonds. The number of hydrogen-bond acceptors (Lipinski definition) is 6. The second kappa shape index (κ2) is 7.81. The van der Waals surface area contributed by atoms with Gasteiger partial charge in [-0.25, -0.2) is 18.6 Å². The summed E-state index contributed by atoms with van der Waals surface area (Å²) in [6.45, 7) is 3.59. The van der Waals surface area contributed by atoms with E-state index in [1.165, 1.54) is 0 Å². The third kappa shape index (κ3) is 3.65. The molecule has 0 saturated carbocycles. The van der Waals surface area contributed by atoms with Gasteiger partial charge in [0.1, 0.15) is 17.7 Å². The molecule has 156 valence electrons. The standard InChI is InChI=1S/C20H24F2N4O3/c1-3-28-20(27)19-24-16-8-26(9-17(16)25(19)2)12-7-15(23)18(29-10-12)13-6-11(21)4-5-14(13)22/h4-6,12,15,18H,3,7-10,23H2,1-2H3/t12-,15+,18-/m1/s1. The maximum atomic E-state index is 14.1. The number of aromatic nitrogens is 2. The zero-order valence-corrected chi connectivity index (χ0v) is 16.4. The Morgan fingerprint density at radius 2 is 2.17 bits per heavy atom. The van der Waals surface area contributed by atoms with Gasteiger partial charge in [0.25, 0.3) is 0 Å². The molecule has 1 saturated heterocycles. The van der Waals surface area contributed by atoms with Crippen LogP contribution in [0.15, 0.2) is 18.2 Å². The zero-order chi connectivity index (χ0) is 20.7. The first kappa shape index (κ1) is 19.9. The van der Waals surface area contributed by atoms with Crippen LogP contribution in [-0.4, -0.2) is 45.7 Å². The summed E-state index contributed by atoms with van der Waals surface area (Å²) in [5.74, 6) is -1.17. The van der Waals surface area contributed by atoms with E-state index in [4.69, 9.17) is 15.2 Å². The van der Waals surface area contributed by atoms with Gasteiger partial charge in [-0.1, -0.05) is 0 Å². The number of rotatable bonds is 4. The normalized spacial score (nSPS) is 24.5. The number of ether oxygens (including phenoxy) is 2. The number of nitrogens with zero attached hydrogens (tertiary/aromatic N) is 3. The van der Waals surface area contributed by atoms with E-state index in [0.29, 0.717) is 38.5 Å². The minimum Gasteiger partial charge on any atom is -0.460 e. The Morgan fingerprint density at radius 3 is 2.86 bits per heavy atom. The molecule has 9 heteroatoms. The van der Waals surface area contributed by atoms with Crippen molar-refractivity contribution in [2.45, 2.75) is 44.6 Å². The van der Waals surface area contributed by atoms with E-state index in [1.807, 2.05) is 0 Å². The smallest absolute Gasteiger partial charge is 0.374 e. The molecular formula is C20H24F2N4O3. The van der Waals surface area contributed by atoms with Gasteiger partial charge in [-0.3, -0.25) is 4.90 Å². The molecule has 0 aliphatic carbocycles.